The molecule has 0 aromatic heterocycles. The van der Waals surface area contributed by atoms with Crippen molar-refractivity contribution in [2.24, 2.45) is 46.3 Å². The average molecular weight is 447 g/mol. The molecule has 0 radical (unpaired) electrons. The minimum absolute atomic E-state index is 0.0455. The van der Waals surface area contributed by atoms with Crippen LogP contribution in [-0.4, -0.2) is 45.3 Å². The molecule has 182 valence electrons. The topological polar surface area (TPSA) is 69.9 Å². The monoisotopic (exact) mass is 446 g/mol. The zero-order valence-corrected chi connectivity index (χ0v) is 21.1. The van der Waals surface area contributed by atoms with E-state index in [-0.39, 0.29) is 34.9 Å². The number of hydrogen-bond acceptors (Lipinski definition) is 4. The predicted octanol–water partition coefficient (Wildman–Crippen LogP) is 4.71. The van der Waals surface area contributed by atoms with Gasteiger partial charge in [-0.1, -0.05) is 46.3 Å². The van der Waals surface area contributed by atoms with E-state index in [1.165, 1.54) is 12.0 Å². The van der Waals surface area contributed by atoms with Crippen LogP contribution in [0.3, 0.4) is 0 Å². The Labute approximate surface area is 194 Å². The maximum Gasteiger partial charge on any atom is 0.113 e. The number of aliphatic hydroxyl groups is 3. The molecule has 5 rings (SSSR count). The van der Waals surface area contributed by atoms with Crippen molar-refractivity contribution in [3.05, 3.63) is 11.6 Å². The Morgan fingerprint density at radius 1 is 1.06 bits per heavy atom. The molecule has 12 unspecified atom stereocenters. The van der Waals surface area contributed by atoms with Crippen molar-refractivity contribution in [1.29, 1.82) is 0 Å². The summed E-state index contributed by atoms with van der Waals surface area (Å²) in [6, 6.07) is 0. The SMILES string of the molecule is CC(C)C(C)C(O)C1OC2CC3C4CC=C5CC(O)CCC5(C)C4CCC3(C)C2C1(C)O. The van der Waals surface area contributed by atoms with E-state index in [0.29, 0.717) is 23.7 Å². The van der Waals surface area contributed by atoms with Gasteiger partial charge in [0.2, 0.25) is 0 Å². The summed E-state index contributed by atoms with van der Waals surface area (Å²) in [5.41, 5.74) is 0.794. The van der Waals surface area contributed by atoms with Crippen molar-refractivity contribution in [1.82, 2.24) is 0 Å². The third-order valence-electron chi connectivity index (χ3n) is 11.5. The van der Waals surface area contributed by atoms with Crippen molar-refractivity contribution < 1.29 is 20.1 Å². The first kappa shape index (κ1) is 23.3. The van der Waals surface area contributed by atoms with Gasteiger partial charge in [-0.3, -0.25) is 0 Å². The third kappa shape index (κ3) is 3.08. The van der Waals surface area contributed by atoms with E-state index in [2.05, 4.69) is 40.7 Å². The fraction of sp³-hybridized carbons (Fsp3) is 0.929. The summed E-state index contributed by atoms with van der Waals surface area (Å²) in [5, 5.41) is 33.2. The molecule has 3 N–H and O–H groups in total. The highest BCUT2D eigenvalue weighted by Gasteiger charge is 2.70. The molecule has 12 atom stereocenters. The Balaban J connectivity index is 1.42. The zero-order chi connectivity index (χ0) is 23.2. The summed E-state index contributed by atoms with van der Waals surface area (Å²) >= 11 is 0. The summed E-state index contributed by atoms with van der Waals surface area (Å²) in [7, 11) is 0. The highest BCUT2D eigenvalue weighted by atomic mass is 16.5. The molecule has 4 heteroatoms. The lowest BCUT2D eigenvalue weighted by atomic mass is 9.46. The van der Waals surface area contributed by atoms with Crippen LogP contribution in [0.5, 0.6) is 0 Å². The highest BCUT2D eigenvalue weighted by molar-refractivity contribution is 5.27. The Morgan fingerprint density at radius 3 is 2.47 bits per heavy atom. The first-order valence-electron chi connectivity index (χ1n) is 13.3. The molecule has 0 aromatic rings. The molecule has 4 nitrogen and oxygen atoms in total. The van der Waals surface area contributed by atoms with Gasteiger partial charge in [0, 0.05) is 5.92 Å². The number of hydrogen-bond donors (Lipinski definition) is 3. The number of allylic oxidation sites excluding steroid dienone is 1. The molecule has 0 bridgehead atoms. The zero-order valence-electron chi connectivity index (χ0n) is 21.1. The number of ether oxygens (including phenoxy) is 1. The van der Waals surface area contributed by atoms with E-state index in [1.54, 1.807) is 0 Å². The Morgan fingerprint density at radius 2 is 1.78 bits per heavy atom. The second-order valence-electron chi connectivity index (χ2n) is 13.3. The fourth-order valence-corrected chi connectivity index (χ4v) is 9.41. The van der Waals surface area contributed by atoms with Crippen molar-refractivity contribution in [2.75, 3.05) is 0 Å². The summed E-state index contributed by atoms with van der Waals surface area (Å²) in [6.45, 7) is 13.2. The molecule has 32 heavy (non-hydrogen) atoms. The van der Waals surface area contributed by atoms with Crippen molar-refractivity contribution in [2.45, 2.75) is 117 Å². The first-order valence-corrected chi connectivity index (χ1v) is 13.3. The van der Waals surface area contributed by atoms with Crippen LogP contribution in [0.15, 0.2) is 11.6 Å². The van der Waals surface area contributed by atoms with Gasteiger partial charge in [0.1, 0.15) is 6.10 Å². The van der Waals surface area contributed by atoms with Crippen LogP contribution >= 0.6 is 0 Å². The van der Waals surface area contributed by atoms with Crippen molar-refractivity contribution in [3.8, 4) is 0 Å². The molecule has 1 aliphatic heterocycles. The van der Waals surface area contributed by atoms with E-state index in [1.807, 2.05) is 6.92 Å². The standard InChI is InChI=1S/C28H46O4/c1-15(2)16(3)23(30)25-28(6,31)24-22(32-25)14-21-19-8-7-17-13-18(29)9-11-26(17,4)20(19)10-12-27(21,24)5/h7,15-16,18-25,29-31H,8-14H2,1-6H3. The largest absolute Gasteiger partial charge is 0.393 e. The van der Waals surface area contributed by atoms with Gasteiger partial charge < -0.3 is 20.1 Å². The second kappa shape index (κ2) is 7.54. The lowest BCUT2D eigenvalue weighted by Gasteiger charge is -2.58. The van der Waals surface area contributed by atoms with Crippen molar-refractivity contribution >= 4 is 0 Å². The molecule has 4 aliphatic carbocycles. The first-order chi connectivity index (χ1) is 14.9. The fourth-order valence-electron chi connectivity index (χ4n) is 9.41. The van der Waals surface area contributed by atoms with Crippen LogP contribution in [-0.2, 0) is 4.74 Å². The van der Waals surface area contributed by atoms with Crippen LogP contribution < -0.4 is 0 Å². The molecular formula is C28H46O4. The average Bonchev–Trinajstić information content (AvgIpc) is 3.18. The molecule has 5 aliphatic rings. The van der Waals surface area contributed by atoms with Crippen LogP contribution in [0.2, 0.25) is 0 Å². The van der Waals surface area contributed by atoms with Gasteiger partial charge in [-0.25, -0.2) is 0 Å². The molecule has 1 heterocycles. The lowest BCUT2D eigenvalue weighted by Crippen LogP contribution is -2.56. The molecule has 4 fully saturated rings. The van der Waals surface area contributed by atoms with Crippen molar-refractivity contribution in [3.63, 3.8) is 0 Å². The Kier molecular flexibility index (Phi) is 5.49. The van der Waals surface area contributed by atoms with E-state index >= 15 is 0 Å². The summed E-state index contributed by atoms with van der Waals surface area (Å²) in [4.78, 5) is 0. The van der Waals surface area contributed by atoms with Crippen LogP contribution in [0.25, 0.3) is 0 Å². The van der Waals surface area contributed by atoms with Gasteiger partial charge in [0.05, 0.1) is 23.9 Å². The van der Waals surface area contributed by atoms with Crippen LogP contribution in [0, 0.1) is 46.3 Å². The van der Waals surface area contributed by atoms with Gasteiger partial charge in [-0.2, -0.15) is 0 Å². The minimum Gasteiger partial charge on any atom is -0.393 e. The van der Waals surface area contributed by atoms with E-state index < -0.39 is 17.8 Å². The number of aliphatic hydroxyl groups excluding tert-OH is 2. The molecule has 0 amide bonds. The van der Waals surface area contributed by atoms with Gasteiger partial charge >= 0.3 is 0 Å². The maximum absolute atomic E-state index is 11.9. The smallest absolute Gasteiger partial charge is 0.113 e. The molecule has 3 saturated carbocycles. The second-order valence-corrected chi connectivity index (χ2v) is 13.3. The number of rotatable bonds is 3. The minimum atomic E-state index is -1.00. The molecule has 0 spiro atoms. The predicted molar refractivity (Wildman–Crippen MR) is 126 cm³/mol. The Bertz CT molecular complexity index is 773. The third-order valence-corrected chi connectivity index (χ3v) is 11.5. The highest BCUT2D eigenvalue weighted by Crippen LogP contribution is 2.69. The normalized spacial score (nSPS) is 54.3. The Hall–Kier alpha value is -0.420. The van der Waals surface area contributed by atoms with Crippen LogP contribution in [0.1, 0.15) is 86.5 Å². The van der Waals surface area contributed by atoms with E-state index in [0.717, 1.165) is 38.5 Å². The lowest BCUT2D eigenvalue weighted by molar-refractivity contribution is -0.149. The number of fused-ring (bicyclic) bond motifs is 7. The summed E-state index contributed by atoms with van der Waals surface area (Å²) in [5.74, 6) is 2.41. The maximum atomic E-state index is 11.9. The summed E-state index contributed by atoms with van der Waals surface area (Å²) < 4.78 is 6.57. The quantitative estimate of drug-likeness (QED) is 0.549. The van der Waals surface area contributed by atoms with Gasteiger partial charge in [-0.05, 0) is 92.3 Å². The van der Waals surface area contributed by atoms with E-state index in [4.69, 9.17) is 4.74 Å². The molecule has 0 aromatic carbocycles. The molecular weight excluding hydrogens is 400 g/mol. The van der Waals surface area contributed by atoms with Gasteiger partial charge in [0.15, 0.2) is 0 Å². The summed E-state index contributed by atoms with van der Waals surface area (Å²) in [6.07, 6.45) is 8.57. The van der Waals surface area contributed by atoms with Crippen LogP contribution in [0.4, 0.5) is 0 Å². The van der Waals surface area contributed by atoms with E-state index in [9.17, 15) is 15.3 Å². The van der Waals surface area contributed by atoms with Gasteiger partial charge in [0.25, 0.3) is 0 Å². The van der Waals surface area contributed by atoms with Gasteiger partial charge in [-0.15, -0.1) is 0 Å². The molecule has 1 saturated heterocycles.